The van der Waals surface area contributed by atoms with E-state index in [0.717, 1.165) is 12.8 Å². The van der Waals surface area contributed by atoms with E-state index in [1.165, 1.54) is 5.56 Å². The lowest BCUT2D eigenvalue weighted by atomic mass is 10.1. The molecule has 5 heteroatoms. The second-order valence-corrected chi connectivity index (χ2v) is 7.29. The Morgan fingerprint density at radius 2 is 2.19 bits per heavy atom. The molecule has 1 aromatic carbocycles. The van der Waals surface area contributed by atoms with Gasteiger partial charge in [0.15, 0.2) is 0 Å². The van der Waals surface area contributed by atoms with Crippen LogP contribution in [0.4, 0.5) is 0 Å². The summed E-state index contributed by atoms with van der Waals surface area (Å²) in [5.41, 5.74) is 1.21. The Kier molecular flexibility index (Phi) is 3.93. The Morgan fingerprint density at radius 1 is 1.43 bits per heavy atom. The number of benzene rings is 1. The van der Waals surface area contributed by atoms with Crippen molar-refractivity contribution in [3.05, 3.63) is 35.9 Å². The highest BCUT2D eigenvalue weighted by Crippen LogP contribution is 2.47. The van der Waals surface area contributed by atoms with Crippen molar-refractivity contribution in [2.75, 3.05) is 12.3 Å². The number of carbonyl (C=O) groups excluding carboxylic acids is 2. The number of fused-ring (bicyclic) bond motifs is 1. The van der Waals surface area contributed by atoms with Gasteiger partial charge in [-0.3, -0.25) is 9.59 Å². The van der Waals surface area contributed by atoms with E-state index in [1.807, 2.05) is 18.2 Å². The van der Waals surface area contributed by atoms with Crippen LogP contribution in [0.3, 0.4) is 0 Å². The molecule has 2 saturated heterocycles. The molecule has 0 bridgehead atoms. The fourth-order valence-electron chi connectivity index (χ4n) is 3.11. The zero-order valence-electron chi connectivity index (χ0n) is 12.2. The smallest absolute Gasteiger partial charge is 0.243 e. The summed E-state index contributed by atoms with van der Waals surface area (Å²) in [6, 6.07) is 9.79. The molecule has 0 unspecified atom stereocenters. The number of nitrogens with one attached hydrogen (secondary N) is 1. The predicted octanol–water partition coefficient (Wildman–Crippen LogP) is 1.80. The van der Waals surface area contributed by atoms with Crippen molar-refractivity contribution < 1.29 is 9.59 Å². The first kappa shape index (κ1) is 14.4. The zero-order chi connectivity index (χ0) is 14.9. The van der Waals surface area contributed by atoms with E-state index in [2.05, 4.69) is 24.4 Å². The van der Waals surface area contributed by atoms with Crippen LogP contribution in [0.5, 0.6) is 0 Å². The molecule has 2 aliphatic rings. The lowest BCUT2D eigenvalue weighted by Crippen LogP contribution is -2.50. The number of carbonyl (C=O) groups is 2. The van der Waals surface area contributed by atoms with E-state index >= 15 is 0 Å². The minimum atomic E-state index is -0.300. The third-order valence-corrected chi connectivity index (χ3v) is 5.81. The fraction of sp³-hybridized carbons (Fsp3) is 0.500. The van der Waals surface area contributed by atoms with E-state index < -0.39 is 0 Å². The Balaban J connectivity index is 1.55. The Bertz CT molecular complexity index is 548. The first-order valence-corrected chi connectivity index (χ1v) is 8.36. The SMILES string of the molecule is C[C@@]12CCC(=O)N1[C@@H](C(=O)NCCc1ccccc1)CS2. The molecule has 1 N–H and O–H groups in total. The topological polar surface area (TPSA) is 49.4 Å². The summed E-state index contributed by atoms with van der Waals surface area (Å²) in [4.78, 5) is 26.0. The normalized spacial score (nSPS) is 27.8. The molecule has 0 spiro atoms. The summed E-state index contributed by atoms with van der Waals surface area (Å²) in [6.07, 6.45) is 2.24. The van der Waals surface area contributed by atoms with Crippen LogP contribution in [0.25, 0.3) is 0 Å². The summed E-state index contributed by atoms with van der Waals surface area (Å²) in [5, 5.41) is 2.98. The second kappa shape index (κ2) is 5.72. The van der Waals surface area contributed by atoms with E-state index in [1.54, 1.807) is 16.7 Å². The molecule has 2 aliphatic heterocycles. The van der Waals surface area contributed by atoms with E-state index in [0.29, 0.717) is 18.7 Å². The largest absolute Gasteiger partial charge is 0.354 e. The number of thioether (sulfide) groups is 1. The van der Waals surface area contributed by atoms with Crippen LogP contribution in [0, 0.1) is 0 Å². The van der Waals surface area contributed by atoms with Crippen LogP contribution in [0.2, 0.25) is 0 Å². The highest BCUT2D eigenvalue weighted by Gasteiger charge is 2.52. The molecule has 112 valence electrons. The van der Waals surface area contributed by atoms with Gasteiger partial charge in [-0.05, 0) is 25.3 Å². The molecular weight excluding hydrogens is 284 g/mol. The Labute approximate surface area is 129 Å². The lowest BCUT2D eigenvalue weighted by Gasteiger charge is -2.29. The van der Waals surface area contributed by atoms with Gasteiger partial charge in [0.1, 0.15) is 6.04 Å². The van der Waals surface area contributed by atoms with Gasteiger partial charge < -0.3 is 10.2 Å². The van der Waals surface area contributed by atoms with Crippen LogP contribution in [-0.2, 0) is 16.0 Å². The van der Waals surface area contributed by atoms with Crippen molar-refractivity contribution in [2.45, 2.75) is 37.1 Å². The molecule has 0 aliphatic carbocycles. The number of amides is 2. The average molecular weight is 304 g/mol. The molecule has 0 saturated carbocycles. The van der Waals surface area contributed by atoms with Crippen molar-refractivity contribution >= 4 is 23.6 Å². The summed E-state index contributed by atoms with van der Waals surface area (Å²) >= 11 is 1.73. The van der Waals surface area contributed by atoms with Crippen molar-refractivity contribution in [1.82, 2.24) is 10.2 Å². The molecule has 2 heterocycles. The highest BCUT2D eigenvalue weighted by molar-refractivity contribution is 8.01. The molecular formula is C16H20N2O2S. The van der Waals surface area contributed by atoms with Crippen LogP contribution < -0.4 is 5.32 Å². The van der Waals surface area contributed by atoms with Gasteiger partial charge in [-0.25, -0.2) is 0 Å². The van der Waals surface area contributed by atoms with Crippen molar-refractivity contribution in [1.29, 1.82) is 0 Å². The maximum Gasteiger partial charge on any atom is 0.243 e. The summed E-state index contributed by atoms with van der Waals surface area (Å²) in [7, 11) is 0. The number of rotatable bonds is 4. The molecule has 4 nitrogen and oxygen atoms in total. The third kappa shape index (κ3) is 2.79. The summed E-state index contributed by atoms with van der Waals surface area (Å²) in [6.45, 7) is 2.68. The van der Waals surface area contributed by atoms with Gasteiger partial charge in [0.2, 0.25) is 11.8 Å². The molecule has 2 fully saturated rings. The van der Waals surface area contributed by atoms with Gasteiger partial charge in [0.25, 0.3) is 0 Å². The first-order valence-electron chi connectivity index (χ1n) is 7.38. The van der Waals surface area contributed by atoms with Gasteiger partial charge in [-0.1, -0.05) is 30.3 Å². The molecule has 2 amide bonds. The lowest BCUT2D eigenvalue weighted by molar-refractivity contribution is -0.137. The quantitative estimate of drug-likeness (QED) is 0.923. The van der Waals surface area contributed by atoms with Crippen LogP contribution in [-0.4, -0.2) is 39.9 Å². The summed E-state index contributed by atoms with van der Waals surface area (Å²) < 4.78 is 0. The number of hydrogen-bond donors (Lipinski definition) is 1. The Morgan fingerprint density at radius 3 is 2.95 bits per heavy atom. The summed E-state index contributed by atoms with van der Waals surface area (Å²) in [5.74, 6) is 0.808. The van der Waals surface area contributed by atoms with Crippen molar-refractivity contribution in [3.8, 4) is 0 Å². The Hall–Kier alpha value is -1.49. The van der Waals surface area contributed by atoms with E-state index in [9.17, 15) is 9.59 Å². The minimum Gasteiger partial charge on any atom is -0.354 e. The standard InChI is InChI=1S/C16H20N2O2S/c1-16-9-7-14(19)18(16)13(11-21-16)15(20)17-10-8-12-5-3-2-4-6-12/h2-6,13H,7-11H2,1H3,(H,17,20)/t13-,16-/m1/s1. The zero-order valence-corrected chi connectivity index (χ0v) is 13.0. The van der Waals surface area contributed by atoms with Crippen LogP contribution >= 0.6 is 11.8 Å². The maximum atomic E-state index is 12.3. The molecule has 2 atom stereocenters. The monoisotopic (exact) mass is 304 g/mol. The van der Waals surface area contributed by atoms with Gasteiger partial charge in [0, 0.05) is 18.7 Å². The highest BCUT2D eigenvalue weighted by atomic mass is 32.2. The third-order valence-electron chi connectivity index (χ3n) is 4.30. The minimum absolute atomic E-state index is 0.0163. The number of nitrogens with zero attached hydrogens (tertiary/aromatic N) is 1. The molecule has 3 rings (SSSR count). The van der Waals surface area contributed by atoms with Gasteiger partial charge in [-0.2, -0.15) is 0 Å². The van der Waals surface area contributed by atoms with Crippen LogP contribution in [0.1, 0.15) is 25.3 Å². The van der Waals surface area contributed by atoms with Gasteiger partial charge in [0.05, 0.1) is 4.87 Å². The second-order valence-electron chi connectivity index (χ2n) is 5.79. The molecule has 0 radical (unpaired) electrons. The van der Waals surface area contributed by atoms with E-state index in [4.69, 9.17) is 0 Å². The molecule has 1 aromatic rings. The van der Waals surface area contributed by atoms with Crippen molar-refractivity contribution in [3.63, 3.8) is 0 Å². The first-order chi connectivity index (χ1) is 10.1. The van der Waals surface area contributed by atoms with E-state index in [-0.39, 0.29) is 22.7 Å². The van der Waals surface area contributed by atoms with Crippen molar-refractivity contribution in [2.24, 2.45) is 0 Å². The average Bonchev–Trinajstić information content (AvgIpc) is 2.97. The number of hydrogen-bond acceptors (Lipinski definition) is 3. The fourth-order valence-corrected chi connectivity index (χ4v) is 4.54. The van der Waals surface area contributed by atoms with Crippen LogP contribution in [0.15, 0.2) is 30.3 Å². The van der Waals surface area contributed by atoms with Gasteiger partial charge in [-0.15, -0.1) is 11.8 Å². The molecule has 21 heavy (non-hydrogen) atoms. The predicted molar refractivity (Wildman–Crippen MR) is 83.9 cm³/mol. The molecule has 0 aromatic heterocycles. The maximum absolute atomic E-state index is 12.3. The van der Waals surface area contributed by atoms with Gasteiger partial charge >= 0.3 is 0 Å².